The van der Waals surface area contributed by atoms with Gasteiger partial charge in [-0.1, -0.05) is 0 Å². The molecule has 1 aromatic carbocycles. The van der Waals surface area contributed by atoms with E-state index in [1.165, 1.54) is 12.1 Å². The van der Waals surface area contributed by atoms with Crippen molar-refractivity contribution < 1.29 is 18.1 Å². The van der Waals surface area contributed by atoms with Crippen LogP contribution in [0.3, 0.4) is 0 Å². The summed E-state index contributed by atoms with van der Waals surface area (Å²) < 4.78 is 19.4. The first kappa shape index (κ1) is 11.0. The summed E-state index contributed by atoms with van der Waals surface area (Å²) in [5.41, 5.74) is 6.03. The van der Waals surface area contributed by atoms with Crippen LogP contribution in [0.5, 0.6) is 11.5 Å². The third-order valence-electron chi connectivity index (χ3n) is 1.81. The SMILES string of the molecule is N[C@@H](Cc1ccc(O)c(O)c1)[Ge](=[O])[OH]. The molecule has 0 radical (unpaired) electrons. The van der Waals surface area contributed by atoms with E-state index in [0.29, 0.717) is 5.56 Å². The first-order valence-electron chi connectivity index (χ1n) is 4.00. The number of hydrogen-bond donors (Lipinski definition) is 4. The summed E-state index contributed by atoms with van der Waals surface area (Å²) in [4.78, 5) is -0.751. The second kappa shape index (κ2) is 4.43. The Hall–Kier alpha value is -1.08. The van der Waals surface area contributed by atoms with Gasteiger partial charge in [0.15, 0.2) is 0 Å². The molecule has 0 aliphatic heterocycles. The number of aromatic hydroxyl groups is 2. The average Bonchev–Trinajstić information content (AvgIpc) is 2.11. The molecule has 1 atom stereocenters. The molecule has 14 heavy (non-hydrogen) atoms. The first-order valence-corrected chi connectivity index (χ1v) is 7.00. The minimum atomic E-state index is -3.33. The number of phenolic OH excluding ortho intramolecular Hbond substituents is 2. The van der Waals surface area contributed by atoms with Crippen LogP contribution < -0.4 is 5.73 Å². The Kier molecular flexibility index (Phi) is 3.48. The van der Waals surface area contributed by atoms with Crippen LogP contribution in [0.4, 0.5) is 0 Å². The van der Waals surface area contributed by atoms with Crippen LogP contribution in [-0.4, -0.2) is 33.8 Å². The van der Waals surface area contributed by atoms with E-state index in [-0.39, 0.29) is 17.9 Å². The number of hydrogen-bond acceptors (Lipinski definition) is 4. The van der Waals surface area contributed by atoms with Crippen molar-refractivity contribution >= 4 is 14.6 Å². The van der Waals surface area contributed by atoms with Gasteiger partial charge in [0.1, 0.15) is 0 Å². The van der Waals surface area contributed by atoms with Gasteiger partial charge in [0.05, 0.1) is 0 Å². The molecule has 1 aromatic rings. The maximum atomic E-state index is 10.7. The molecule has 0 saturated heterocycles. The molecular formula is C8H11GeNO4. The molecule has 0 fully saturated rings. The fourth-order valence-corrected chi connectivity index (χ4v) is 1.90. The van der Waals surface area contributed by atoms with Gasteiger partial charge in [0, 0.05) is 0 Å². The molecule has 0 heterocycles. The zero-order chi connectivity index (χ0) is 10.7. The van der Waals surface area contributed by atoms with Gasteiger partial charge in [0.25, 0.3) is 0 Å². The van der Waals surface area contributed by atoms with Gasteiger partial charge in [-0.05, 0) is 0 Å². The van der Waals surface area contributed by atoms with Gasteiger partial charge in [-0.15, -0.1) is 0 Å². The third kappa shape index (κ3) is 2.71. The summed E-state index contributed by atoms with van der Waals surface area (Å²) in [6.45, 7) is 0. The standard InChI is InChI=1S/C8H11GeNO4/c10-8(9(13)14)4-5-1-2-6(11)7(12)3-5/h1-3,8,11-13H,4,10H2/t8-/m0/s1. The van der Waals surface area contributed by atoms with Crippen LogP contribution in [0, 0.1) is 0 Å². The molecule has 1 rings (SSSR count). The van der Waals surface area contributed by atoms with Crippen molar-refractivity contribution in [2.24, 2.45) is 5.73 Å². The summed E-state index contributed by atoms with van der Waals surface area (Å²) in [5.74, 6) is -0.468. The predicted octanol–water partition coefficient (Wildman–Crippen LogP) is -0.582. The van der Waals surface area contributed by atoms with E-state index in [2.05, 4.69) is 0 Å². The predicted molar refractivity (Wildman–Crippen MR) is 50.1 cm³/mol. The van der Waals surface area contributed by atoms with Crippen LogP contribution >= 0.6 is 0 Å². The molecule has 5 N–H and O–H groups in total. The van der Waals surface area contributed by atoms with E-state index >= 15 is 0 Å². The van der Waals surface area contributed by atoms with E-state index in [1.54, 1.807) is 6.07 Å². The average molecular weight is 258 g/mol. The van der Waals surface area contributed by atoms with Crippen molar-refractivity contribution in [2.75, 3.05) is 0 Å². The van der Waals surface area contributed by atoms with Crippen molar-refractivity contribution in [2.45, 2.75) is 11.3 Å². The van der Waals surface area contributed by atoms with Gasteiger partial charge < -0.3 is 0 Å². The number of rotatable bonds is 3. The Morgan fingerprint density at radius 3 is 2.50 bits per heavy atom. The molecule has 0 aromatic heterocycles. The van der Waals surface area contributed by atoms with Crippen molar-refractivity contribution in [3.05, 3.63) is 23.8 Å². The Bertz CT molecular complexity index is 355. The van der Waals surface area contributed by atoms with Crippen molar-refractivity contribution in [1.82, 2.24) is 0 Å². The summed E-state index contributed by atoms with van der Waals surface area (Å²) in [6, 6.07) is 4.20. The van der Waals surface area contributed by atoms with Gasteiger partial charge in [-0.25, -0.2) is 0 Å². The Labute approximate surface area is 85.5 Å². The van der Waals surface area contributed by atoms with Crippen molar-refractivity contribution in [3.8, 4) is 11.5 Å². The van der Waals surface area contributed by atoms with Gasteiger partial charge >= 0.3 is 85.0 Å². The normalized spacial score (nSPS) is 12.4. The first-order chi connectivity index (χ1) is 6.50. The minimum absolute atomic E-state index is 0.218. The molecule has 5 nitrogen and oxygen atoms in total. The zero-order valence-corrected chi connectivity index (χ0v) is 9.44. The fraction of sp³-hybridized carbons (Fsp3) is 0.250. The van der Waals surface area contributed by atoms with Gasteiger partial charge in [-0.3, -0.25) is 0 Å². The van der Waals surface area contributed by atoms with Crippen LogP contribution in [0.2, 0.25) is 0 Å². The van der Waals surface area contributed by atoms with E-state index < -0.39 is 19.5 Å². The molecule has 0 aliphatic rings. The zero-order valence-electron chi connectivity index (χ0n) is 7.34. The van der Waals surface area contributed by atoms with Crippen LogP contribution in [0.1, 0.15) is 5.56 Å². The number of nitrogens with two attached hydrogens (primary N) is 1. The second-order valence-electron chi connectivity index (χ2n) is 2.97. The number of phenols is 2. The third-order valence-corrected chi connectivity index (χ3v) is 3.57. The van der Waals surface area contributed by atoms with Crippen LogP contribution in [-0.2, 0) is 10.2 Å². The molecule has 0 unspecified atom stereocenters. The molecule has 6 heteroatoms. The Morgan fingerprint density at radius 1 is 1.36 bits per heavy atom. The van der Waals surface area contributed by atoms with Gasteiger partial charge in [-0.2, -0.15) is 0 Å². The molecular weight excluding hydrogens is 247 g/mol. The van der Waals surface area contributed by atoms with E-state index in [0.717, 1.165) is 0 Å². The molecule has 0 aliphatic carbocycles. The summed E-state index contributed by atoms with van der Waals surface area (Å²) >= 11 is -3.33. The van der Waals surface area contributed by atoms with Crippen LogP contribution in [0.25, 0.3) is 0 Å². The van der Waals surface area contributed by atoms with Gasteiger partial charge in [0.2, 0.25) is 0 Å². The van der Waals surface area contributed by atoms with Crippen LogP contribution in [0.15, 0.2) is 18.2 Å². The molecule has 0 amide bonds. The topological polar surface area (TPSA) is 104 Å². The van der Waals surface area contributed by atoms with Crippen molar-refractivity contribution in [3.63, 3.8) is 0 Å². The summed E-state index contributed by atoms with van der Waals surface area (Å²) in [7, 11) is 0. The Morgan fingerprint density at radius 2 is 2.00 bits per heavy atom. The fourth-order valence-electron chi connectivity index (χ4n) is 1.04. The molecule has 0 spiro atoms. The monoisotopic (exact) mass is 259 g/mol. The second-order valence-corrected chi connectivity index (χ2v) is 5.95. The summed E-state index contributed by atoms with van der Waals surface area (Å²) in [5, 5.41) is 18.1. The maximum absolute atomic E-state index is 10.7. The molecule has 0 saturated carbocycles. The van der Waals surface area contributed by atoms with Crippen molar-refractivity contribution in [1.29, 1.82) is 0 Å². The van der Waals surface area contributed by atoms with E-state index in [1.807, 2.05) is 0 Å². The Balaban J connectivity index is 2.78. The molecule has 76 valence electrons. The quantitative estimate of drug-likeness (QED) is 0.428. The number of benzene rings is 1. The molecule has 0 bridgehead atoms. The van der Waals surface area contributed by atoms with E-state index in [4.69, 9.17) is 20.1 Å². The summed E-state index contributed by atoms with van der Waals surface area (Å²) in [6.07, 6.45) is 0.225. The van der Waals surface area contributed by atoms with E-state index in [9.17, 15) is 3.78 Å².